The molecule has 2 rings (SSSR count). The molecule has 0 aliphatic carbocycles. The first kappa shape index (κ1) is 11.3. The number of hydrogen-bond donors (Lipinski definition) is 2. The van der Waals surface area contributed by atoms with Crippen molar-refractivity contribution < 1.29 is 19.8 Å². The maximum Gasteiger partial charge on any atom is 0.371 e. The van der Waals surface area contributed by atoms with E-state index in [1.165, 1.54) is 11.3 Å². The van der Waals surface area contributed by atoms with E-state index in [0.717, 1.165) is 10.1 Å². The molecule has 2 aromatic rings. The lowest BCUT2D eigenvalue weighted by molar-refractivity contribution is -0.135. The number of aromatic nitrogens is 1. The number of carboxylic acids is 1. The van der Waals surface area contributed by atoms with Crippen LogP contribution in [-0.2, 0) is 4.79 Å². The zero-order valence-corrected chi connectivity index (χ0v) is 9.27. The summed E-state index contributed by atoms with van der Waals surface area (Å²) in [6, 6.07) is 3.37. The minimum atomic E-state index is -1.53. The van der Waals surface area contributed by atoms with Gasteiger partial charge >= 0.3 is 5.97 Å². The number of allylic oxidation sites excluding steroid dienone is 1. The lowest BCUT2D eigenvalue weighted by Crippen LogP contribution is -2.02. The van der Waals surface area contributed by atoms with Crippen LogP contribution in [0.3, 0.4) is 0 Å². The van der Waals surface area contributed by atoms with Gasteiger partial charge in [0.25, 0.3) is 0 Å². The molecule has 0 fully saturated rings. The predicted molar refractivity (Wildman–Crippen MR) is 62.3 cm³/mol. The molecule has 86 valence electrons. The van der Waals surface area contributed by atoms with E-state index in [2.05, 4.69) is 4.98 Å². The Kier molecular flexibility index (Phi) is 2.88. The van der Waals surface area contributed by atoms with Crippen molar-refractivity contribution in [1.82, 2.24) is 4.98 Å². The molecule has 0 aromatic carbocycles. The van der Waals surface area contributed by atoms with Crippen LogP contribution in [0.5, 0.6) is 0 Å². The van der Waals surface area contributed by atoms with E-state index in [-0.39, 0.29) is 0 Å². The molecule has 0 atom stereocenters. The zero-order chi connectivity index (χ0) is 12.4. The second-order valence-electron chi connectivity index (χ2n) is 3.22. The molecule has 0 unspecified atom stereocenters. The number of ketones is 1. The number of pyridine rings is 1. The first-order chi connectivity index (χ1) is 8.08. The fraction of sp³-hybridized carbons (Fsp3) is 0. The highest BCUT2D eigenvalue weighted by Crippen LogP contribution is 2.25. The fourth-order valence-electron chi connectivity index (χ4n) is 1.26. The predicted octanol–water partition coefficient (Wildman–Crippen LogP) is 2.01. The van der Waals surface area contributed by atoms with Crippen LogP contribution in [0.4, 0.5) is 0 Å². The van der Waals surface area contributed by atoms with Crippen molar-refractivity contribution in [2.45, 2.75) is 0 Å². The molecular weight excluding hydrogens is 242 g/mol. The highest BCUT2D eigenvalue weighted by atomic mass is 32.1. The molecule has 6 heteroatoms. The number of fused-ring (bicyclic) bond motifs is 1. The molecule has 0 aliphatic rings. The number of carboxylic acid groups (broad SMARTS) is 1. The summed E-state index contributed by atoms with van der Waals surface area (Å²) >= 11 is 1.22. The van der Waals surface area contributed by atoms with E-state index >= 15 is 0 Å². The van der Waals surface area contributed by atoms with Gasteiger partial charge in [-0.1, -0.05) is 0 Å². The molecule has 0 aliphatic heterocycles. The van der Waals surface area contributed by atoms with Crippen LogP contribution >= 0.6 is 11.3 Å². The van der Waals surface area contributed by atoms with E-state index < -0.39 is 17.5 Å². The molecule has 2 aromatic heterocycles. The van der Waals surface area contributed by atoms with E-state index in [4.69, 9.17) is 10.2 Å². The van der Waals surface area contributed by atoms with Crippen LogP contribution in [0.2, 0.25) is 0 Å². The Bertz CT molecular complexity index is 596. The number of aliphatic hydroxyl groups excluding tert-OH is 1. The Balaban J connectivity index is 2.37. The molecule has 5 nitrogen and oxygen atoms in total. The highest BCUT2D eigenvalue weighted by Gasteiger charge is 2.12. The summed E-state index contributed by atoms with van der Waals surface area (Å²) in [6.45, 7) is 0. The van der Waals surface area contributed by atoms with E-state index in [1.54, 1.807) is 24.5 Å². The number of nitrogens with zero attached hydrogens (tertiary/aromatic N) is 1. The van der Waals surface area contributed by atoms with Crippen molar-refractivity contribution in [2.75, 3.05) is 0 Å². The summed E-state index contributed by atoms with van der Waals surface area (Å²) in [5.74, 6) is -3.03. The summed E-state index contributed by atoms with van der Waals surface area (Å²) in [5.41, 5.74) is 0. The standard InChI is InChI=1S/C11H7NO4S/c13-7(4-8(14)11(15)16)10-3-6-5-12-2-1-9(6)17-10/h1-5,14H,(H,15,16). The minimum absolute atomic E-state index is 0.362. The zero-order valence-electron chi connectivity index (χ0n) is 8.45. The summed E-state index contributed by atoms with van der Waals surface area (Å²) < 4.78 is 0.881. The number of aliphatic hydroxyl groups is 1. The maximum absolute atomic E-state index is 11.6. The Hall–Kier alpha value is -2.21. The minimum Gasteiger partial charge on any atom is -0.502 e. The third kappa shape index (κ3) is 2.31. The van der Waals surface area contributed by atoms with Gasteiger partial charge in [-0.25, -0.2) is 4.79 Å². The first-order valence-corrected chi connectivity index (χ1v) is 5.41. The van der Waals surface area contributed by atoms with Crippen LogP contribution < -0.4 is 0 Å². The molecule has 2 heterocycles. The van der Waals surface area contributed by atoms with Gasteiger partial charge in [-0.05, 0) is 12.1 Å². The van der Waals surface area contributed by atoms with Gasteiger partial charge in [-0.15, -0.1) is 11.3 Å². The molecule has 17 heavy (non-hydrogen) atoms. The third-order valence-electron chi connectivity index (χ3n) is 2.05. The quantitative estimate of drug-likeness (QED) is 0.493. The largest absolute Gasteiger partial charge is 0.502 e. The fourth-order valence-corrected chi connectivity index (χ4v) is 2.20. The Morgan fingerprint density at radius 2 is 2.12 bits per heavy atom. The van der Waals surface area contributed by atoms with Crippen LogP contribution in [0, 0.1) is 0 Å². The lowest BCUT2D eigenvalue weighted by Gasteiger charge is -1.90. The average Bonchev–Trinajstić information content (AvgIpc) is 2.72. The molecule has 0 amide bonds. The first-order valence-electron chi connectivity index (χ1n) is 4.60. The van der Waals surface area contributed by atoms with Crippen LogP contribution in [0.15, 0.2) is 36.4 Å². The molecule has 0 saturated heterocycles. The maximum atomic E-state index is 11.6. The van der Waals surface area contributed by atoms with Crippen molar-refractivity contribution in [3.8, 4) is 0 Å². The van der Waals surface area contributed by atoms with Crippen molar-refractivity contribution in [2.24, 2.45) is 0 Å². The smallest absolute Gasteiger partial charge is 0.371 e. The van der Waals surface area contributed by atoms with Gasteiger partial charge in [-0.2, -0.15) is 0 Å². The molecule has 0 spiro atoms. The third-order valence-corrected chi connectivity index (χ3v) is 3.18. The number of rotatable bonds is 3. The van der Waals surface area contributed by atoms with Crippen LogP contribution in [0.1, 0.15) is 9.67 Å². The van der Waals surface area contributed by atoms with E-state index in [1.807, 2.05) is 0 Å². The Morgan fingerprint density at radius 1 is 1.35 bits per heavy atom. The van der Waals surface area contributed by atoms with Gasteiger partial charge in [0.05, 0.1) is 4.88 Å². The van der Waals surface area contributed by atoms with Crippen molar-refractivity contribution in [3.63, 3.8) is 0 Å². The van der Waals surface area contributed by atoms with Gasteiger partial charge in [0.2, 0.25) is 5.76 Å². The Morgan fingerprint density at radius 3 is 2.76 bits per heavy atom. The molecule has 0 bridgehead atoms. The van der Waals surface area contributed by atoms with Crippen LogP contribution in [0.25, 0.3) is 10.1 Å². The van der Waals surface area contributed by atoms with Crippen molar-refractivity contribution in [3.05, 3.63) is 41.2 Å². The molecule has 0 radical (unpaired) electrons. The summed E-state index contributed by atoms with van der Waals surface area (Å²) in [5, 5.41) is 18.2. The van der Waals surface area contributed by atoms with Gasteiger partial charge in [0.15, 0.2) is 5.78 Å². The van der Waals surface area contributed by atoms with Gasteiger partial charge in [0, 0.05) is 28.6 Å². The Labute approximate surface area is 99.7 Å². The topological polar surface area (TPSA) is 87.5 Å². The highest BCUT2D eigenvalue weighted by molar-refractivity contribution is 7.20. The van der Waals surface area contributed by atoms with Gasteiger partial charge in [-0.3, -0.25) is 9.78 Å². The summed E-state index contributed by atoms with van der Waals surface area (Å²) in [7, 11) is 0. The monoisotopic (exact) mass is 249 g/mol. The van der Waals surface area contributed by atoms with Gasteiger partial charge in [0.1, 0.15) is 0 Å². The number of carbonyl (C=O) groups excluding carboxylic acids is 1. The SMILES string of the molecule is O=C(O)C(O)=CC(=O)c1cc2cnccc2s1. The molecular formula is C11H7NO4S. The number of thiophene rings is 1. The summed E-state index contributed by atoms with van der Waals surface area (Å²) in [6.07, 6.45) is 3.92. The average molecular weight is 249 g/mol. The molecule has 0 saturated carbocycles. The number of carbonyl (C=O) groups is 2. The van der Waals surface area contributed by atoms with Gasteiger partial charge < -0.3 is 10.2 Å². The summed E-state index contributed by atoms with van der Waals surface area (Å²) in [4.78, 5) is 26.3. The van der Waals surface area contributed by atoms with Crippen molar-refractivity contribution in [1.29, 1.82) is 0 Å². The second-order valence-corrected chi connectivity index (χ2v) is 4.31. The number of aliphatic carboxylic acids is 1. The second kappa shape index (κ2) is 4.34. The van der Waals surface area contributed by atoms with Crippen LogP contribution in [-0.4, -0.2) is 26.9 Å². The van der Waals surface area contributed by atoms with E-state index in [9.17, 15) is 9.59 Å². The lowest BCUT2D eigenvalue weighted by atomic mass is 10.2. The number of hydrogen-bond acceptors (Lipinski definition) is 5. The molecule has 2 N–H and O–H groups in total. The van der Waals surface area contributed by atoms with Crippen molar-refractivity contribution >= 4 is 33.2 Å². The normalized spacial score (nSPS) is 11.6. The van der Waals surface area contributed by atoms with E-state index in [0.29, 0.717) is 11.0 Å².